The number of para-hydroxylation sites is 1. The van der Waals surface area contributed by atoms with E-state index in [9.17, 15) is 14.0 Å². The van der Waals surface area contributed by atoms with Gasteiger partial charge in [-0.05, 0) is 58.4 Å². The van der Waals surface area contributed by atoms with E-state index in [-0.39, 0.29) is 29.3 Å². The number of halogens is 4. The number of amides is 1. The number of hydrogen-bond donors (Lipinski definition) is 2. The number of hydrogen-bond acceptors (Lipinski definition) is 6. The molecule has 42 heavy (non-hydrogen) atoms. The summed E-state index contributed by atoms with van der Waals surface area (Å²) in [6.07, 6.45) is 1.33. The van der Waals surface area contributed by atoms with E-state index in [1.54, 1.807) is 60.7 Å². The molecule has 0 bridgehead atoms. The maximum Gasteiger partial charge on any atom is 0.343 e. The molecule has 0 aliphatic carbocycles. The second kappa shape index (κ2) is 11.6. The average Bonchev–Trinajstić information content (AvgIpc) is 3.60. The lowest BCUT2D eigenvalue weighted by atomic mass is 10.0. The van der Waals surface area contributed by atoms with Crippen LogP contribution in [0.2, 0.25) is 5.02 Å². The minimum atomic E-state index is -0.639. The van der Waals surface area contributed by atoms with Crippen molar-refractivity contribution in [3.8, 4) is 28.4 Å². The summed E-state index contributed by atoms with van der Waals surface area (Å²) in [4.78, 5) is 29.2. The Balaban J connectivity index is 1.29. The molecule has 2 heterocycles. The summed E-state index contributed by atoms with van der Waals surface area (Å²) in [7, 11) is 0. The number of fused-ring (bicyclic) bond motifs is 2. The van der Waals surface area contributed by atoms with Crippen LogP contribution >= 0.6 is 43.5 Å². The second-order valence-electron chi connectivity index (χ2n) is 8.98. The highest BCUT2D eigenvalue weighted by molar-refractivity contribution is 9.11. The van der Waals surface area contributed by atoms with E-state index in [0.29, 0.717) is 47.5 Å². The minimum Gasteiger partial charge on any atom is -0.454 e. The molecule has 0 spiro atoms. The molecule has 1 aromatic heterocycles. The normalized spacial score (nSPS) is 12.2. The van der Waals surface area contributed by atoms with Crippen LogP contribution in [0.5, 0.6) is 17.2 Å². The first-order chi connectivity index (χ1) is 20.3. The zero-order valence-electron chi connectivity index (χ0n) is 21.2. The first-order valence-electron chi connectivity index (χ1n) is 12.3. The molecule has 2 N–H and O–H groups in total. The molecule has 210 valence electrons. The van der Waals surface area contributed by atoms with E-state index in [4.69, 9.17) is 25.8 Å². The third-order valence-electron chi connectivity index (χ3n) is 6.36. The van der Waals surface area contributed by atoms with Gasteiger partial charge in [-0.1, -0.05) is 57.9 Å². The molecule has 8 nitrogen and oxygen atoms in total. The first kappa shape index (κ1) is 28.0. The van der Waals surface area contributed by atoms with Crippen molar-refractivity contribution in [2.24, 2.45) is 5.10 Å². The highest BCUT2D eigenvalue weighted by Gasteiger charge is 2.23. The predicted molar refractivity (Wildman–Crippen MR) is 163 cm³/mol. The summed E-state index contributed by atoms with van der Waals surface area (Å²) in [6.45, 7) is 0.0752. The van der Waals surface area contributed by atoms with Crippen LogP contribution in [0, 0.1) is 5.82 Å². The lowest BCUT2D eigenvalue weighted by molar-refractivity contribution is 0.0732. The standard InChI is InChI=1S/C30H17Br2ClFN3O5/c31-17-10-16(28(20(32)12-17)42-30(39)15-8-9-23-24(11-15)41-14-40-23)13-35-37-29(38)27-25(18-4-1-2-6-21(18)33)19-5-3-7-22(34)26(19)36-27/h1-13,36H,14H2,(H,37,38). The van der Waals surface area contributed by atoms with E-state index >= 15 is 0 Å². The highest BCUT2D eigenvalue weighted by atomic mass is 79.9. The summed E-state index contributed by atoms with van der Waals surface area (Å²) in [6, 6.07) is 19.6. The third-order valence-corrected chi connectivity index (χ3v) is 7.74. The van der Waals surface area contributed by atoms with E-state index in [2.05, 4.69) is 47.4 Å². The Kier molecular flexibility index (Phi) is 7.72. The average molecular weight is 714 g/mol. The van der Waals surface area contributed by atoms with Crippen molar-refractivity contribution in [2.45, 2.75) is 0 Å². The van der Waals surface area contributed by atoms with Crippen molar-refractivity contribution in [3.05, 3.63) is 109 Å². The molecule has 5 aromatic rings. The lowest BCUT2D eigenvalue weighted by Gasteiger charge is -2.11. The number of aromatic nitrogens is 1. The zero-order valence-corrected chi connectivity index (χ0v) is 25.1. The summed E-state index contributed by atoms with van der Waals surface area (Å²) in [5.74, 6) is -0.643. The van der Waals surface area contributed by atoms with Gasteiger partial charge in [-0.2, -0.15) is 5.10 Å². The molecule has 0 saturated heterocycles. The molecular formula is C30H17Br2ClFN3O5. The molecular weight excluding hydrogens is 697 g/mol. The Labute approximate surface area is 259 Å². The van der Waals surface area contributed by atoms with Crippen LogP contribution in [-0.2, 0) is 0 Å². The van der Waals surface area contributed by atoms with Crippen molar-refractivity contribution in [1.82, 2.24) is 10.4 Å². The SMILES string of the molecule is O=C(Oc1c(Br)cc(Br)cc1C=NNC(=O)c1[nH]c2c(F)cccc2c1-c1ccccc1Cl)c1ccc2c(c1)OCO2. The Morgan fingerprint density at radius 2 is 1.83 bits per heavy atom. The van der Waals surface area contributed by atoms with Gasteiger partial charge in [0.25, 0.3) is 5.91 Å². The van der Waals surface area contributed by atoms with Crippen LogP contribution in [0.4, 0.5) is 4.39 Å². The maximum atomic E-state index is 14.7. The molecule has 0 atom stereocenters. The lowest BCUT2D eigenvalue weighted by Crippen LogP contribution is -2.19. The van der Waals surface area contributed by atoms with Crippen molar-refractivity contribution in [3.63, 3.8) is 0 Å². The fourth-order valence-corrected chi connectivity index (χ4v) is 6.04. The number of ether oxygens (including phenoxy) is 3. The molecule has 0 fully saturated rings. The molecule has 4 aromatic carbocycles. The minimum absolute atomic E-state index is 0.0743. The van der Waals surface area contributed by atoms with Crippen molar-refractivity contribution in [2.75, 3.05) is 6.79 Å². The Morgan fingerprint density at radius 1 is 1.02 bits per heavy atom. The molecule has 12 heteroatoms. The first-order valence-corrected chi connectivity index (χ1v) is 14.3. The molecule has 1 amide bonds. The fraction of sp³-hybridized carbons (Fsp3) is 0.0333. The fourth-order valence-electron chi connectivity index (χ4n) is 4.47. The molecule has 1 aliphatic heterocycles. The van der Waals surface area contributed by atoms with Gasteiger partial charge in [0.15, 0.2) is 17.2 Å². The van der Waals surface area contributed by atoms with Crippen LogP contribution in [0.1, 0.15) is 26.4 Å². The van der Waals surface area contributed by atoms with Gasteiger partial charge >= 0.3 is 5.97 Å². The highest BCUT2D eigenvalue weighted by Crippen LogP contribution is 2.38. The monoisotopic (exact) mass is 711 g/mol. The number of benzene rings is 4. The summed E-state index contributed by atoms with van der Waals surface area (Å²) < 4.78 is 32.1. The Hall–Kier alpha value is -4.19. The predicted octanol–water partition coefficient (Wildman–Crippen LogP) is 7.86. The van der Waals surface area contributed by atoms with E-state index in [0.717, 1.165) is 0 Å². The summed E-state index contributed by atoms with van der Waals surface area (Å²) in [5, 5.41) is 4.99. The van der Waals surface area contributed by atoms with Crippen molar-refractivity contribution < 1.29 is 28.2 Å². The quantitative estimate of drug-likeness (QED) is 0.0808. The number of hydrazone groups is 1. The smallest absolute Gasteiger partial charge is 0.343 e. The van der Waals surface area contributed by atoms with Gasteiger partial charge < -0.3 is 19.2 Å². The maximum absolute atomic E-state index is 14.7. The van der Waals surface area contributed by atoms with Crippen molar-refractivity contribution in [1.29, 1.82) is 0 Å². The van der Waals surface area contributed by atoms with Gasteiger partial charge in [0.2, 0.25) is 6.79 Å². The molecule has 6 rings (SSSR count). The number of H-pyrrole nitrogens is 1. The van der Waals surface area contributed by atoms with Gasteiger partial charge in [0, 0.05) is 31.6 Å². The summed E-state index contributed by atoms with van der Waals surface area (Å²) in [5.41, 5.74) is 4.32. The van der Waals surface area contributed by atoms with Crippen molar-refractivity contribution >= 4 is 72.5 Å². The van der Waals surface area contributed by atoms with Gasteiger partial charge in [-0.25, -0.2) is 14.6 Å². The zero-order chi connectivity index (χ0) is 29.4. The van der Waals surface area contributed by atoms with E-state index in [1.165, 1.54) is 18.3 Å². The summed E-state index contributed by atoms with van der Waals surface area (Å²) >= 11 is 13.3. The number of rotatable bonds is 6. The molecule has 0 saturated carbocycles. The van der Waals surface area contributed by atoms with Crippen LogP contribution in [0.25, 0.3) is 22.0 Å². The van der Waals surface area contributed by atoms with E-state index < -0.39 is 17.7 Å². The van der Waals surface area contributed by atoms with Crippen LogP contribution in [-0.4, -0.2) is 29.9 Å². The van der Waals surface area contributed by atoms with Gasteiger partial charge in [-0.15, -0.1) is 0 Å². The topological polar surface area (TPSA) is 102 Å². The number of esters is 1. The number of nitrogens with zero attached hydrogens (tertiary/aromatic N) is 1. The Morgan fingerprint density at radius 3 is 2.67 bits per heavy atom. The number of nitrogens with one attached hydrogen (secondary N) is 2. The third kappa shape index (κ3) is 5.38. The van der Waals surface area contributed by atoms with Crippen LogP contribution in [0.15, 0.2) is 86.8 Å². The molecule has 1 aliphatic rings. The largest absolute Gasteiger partial charge is 0.454 e. The van der Waals surface area contributed by atoms with Gasteiger partial charge in [0.1, 0.15) is 11.5 Å². The second-order valence-corrected chi connectivity index (χ2v) is 11.2. The van der Waals surface area contributed by atoms with Gasteiger partial charge in [-0.3, -0.25) is 4.79 Å². The molecule has 0 radical (unpaired) electrons. The number of carbonyl (C=O) groups excluding carboxylic acids is 2. The Bertz CT molecular complexity index is 1930. The molecule has 0 unspecified atom stereocenters. The number of carbonyl (C=O) groups is 2. The van der Waals surface area contributed by atoms with E-state index in [1.807, 2.05) is 0 Å². The van der Waals surface area contributed by atoms with Crippen LogP contribution < -0.4 is 19.6 Å². The van der Waals surface area contributed by atoms with Gasteiger partial charge in [0.05, 0.1) is 21.8 Å². The number of aromatic amines is 1. The van der Waals surface area contributed by atoms with Crippen LogP contribution in [0.3, 0.4) is 0 Å².